The monoisotopic (exact) mass is 415 g/mol. The van der Waals surface area contributed by atoms with Crippen molar-refractivity contribution in [3.05, 3.63) is 53.6 Å². The van der Waals surface area contributed by atoms with E-state index >= 15 is 0 Å². The molecule has 4 rings (SSSR count). The molecular formula is C21H25N3O4S. The third-order valence-electron chi connectivity index (χ3n) is 5.33. The van der Waals surface area contributed by atoms with Gasteiger partial charge in [-0.25, -0.2) is 8.42 Å². The fourth-order valence-electron chi connectivity index (χ4n) is 4.05. The number of fused-ring (bicyclic) bond motifs is 1. The number of nitrogens with zero attached hydrogens (tertiary/aromatic N) is 2. The Balaban J connectivity index is 1.52. The van der Waals surface area contributed by atoms with Gasteiger partial charge in [-0.05, 0) is 55.3 Å². The molecule has 8 heteroatoms. The number of carbonyl (C=O) groups excluding carboxylic acids is 1. The average Bonchev–Trinajstić information content (AvgIpc) is 3.04. The maximum atomic E-state index is 12.8. The van der Waals surface area contributed by atoms with Gasteiger partial charge in [-0.2, -0.15) is 0 Å². The van der Waals surface area contributed by atoms with Crippen LogP contribution in [-0.4, -0.2) is 52.9 Å². The van der Waals surface area contributed by atoms with E-state index in [0.29, 0.717) is 30.9 Å². The number of nitrogens with one attached hydrogen (secondary N) is 1. The van der Waals surface area contributed by atoms with E-state index < -0.39 is 10.0 Å². The van der Waals surface area contributed by atoms with Gasteiger partial charge in [0.1, 0.15) is 0 Å². The molecule has 0 bridgehead atoms. The van der Waals surface area contributed by atoms with Gasteiger partial charge in [-0.1, -0.05) is 6.07 Å². The molecule has 2 aromatic carbocycles. The van der Waals surface area contributed by atoms with Crippen molar-refractivity contribution in [1.29, 1.82) is 0 Å². The molecule has 0 spiro atoms. The molecule has 2 aliphatic heterocycles. The Hall–Kier alpha value is -2.58. The van der Waals surface area contributed by atoms with Gasteiger partial charge >= 0.3 is 0 Å². The van der Waals surface area contributed by atoms with Crippen LogP contribution in [-0.2, 0) is 21.2 Å². The van der Waals surface area contributed by atoms with Gasteiger partial charge in [0.15, 0.2) is 0 Å². The summed E-state index contributed by atoms with van der Waals surface area (Å²) in [7, 11) is -3.34. The van der Waals surface area contributed by atoms with Gasteiger partial charge in [0.25, 0.3) is 5.91 Å². The van der Waals surface area contributed by atoms with E-state index in [4.69, 9.17) is 4.74 Å². The Morgan fingerprint density at radius 1 is 1.14 bits per heavy atom. The first-order valence-corrected chi connectivity index (χ1v) is 11.5. The summed E-state index contributed by atoms with van der Waals surface area (Å²) < 4.78 is 30.9. The highest BCUT2D eigenvalue weighted by molar-refractivity contribution is 7.92. The van der Waals surface area contributed by atoms with Gasteiger partial charge in [0.2, 0.25) is 10.0 Å². The summed E-state index contributed by atoms with van der Waals surface area (Å²) >= 11 is 0. The number of rotatable bonds is 4. The van der Waals surface area contributed by atoms with Crippen molar-refractivity contribution >= 4 is 33.0 Å². The van der Waals surface area contributed by atoms with Gasteiger partial charge in [0.05, 0.1) is 25.2 Å². The van der Waals surface area contributed by atoms with Crippen molar-refractivity contribution in [1.82, 2.24) is 0 Å². The SMILES string of the molecule is CC1Cc2cc(C(=O)Nc3cccc(N4CCOCC4)c3)ccc2N1S(C)(=O)=O. The normalized spacial score (nSPS) is 19.2. The quantitative estimate of drug-likeness (QED) is 0.830. The molecule has 0 aromatic heterocycles. The minimum Gasteiger partial charge on any atom is -0.378 e. The number of hydrogen-bond acceptors (Lipinski definition) is 5. The van der Waals surface area contributed by atoms with Crippen LogP contribution in [0.2, 0.25) is 0 Å². The van der Waals surface area contributed by atoms with Crippen LogP contribution in [0.4, 0.5) is 17.1 Å². The van der Waals surface area contributed by atoms with Crippen LogP contribution in [0.25, 0.3) is 0 Å². The maximum absolute atomic E-state index is 12.8. The van der Waals surface area contributed by atoms with Crippen molar-refractivity contribution < 1.29 is 17.9 Å². The Labute approximate surface area is 171 Å². The smallest absolute Gasteiger partial charge is 0.255 e. The van der Waals surface area contributed by atoms with Crippen molar-refractivity contribution in [2.45, 2.75) is 19.4 Å². The third-order valence-corrected chi connectivity index (χ3v) is 6.60. The summed E-state index contributed by atoms with van der Waals surface area (Å²) in [6, 6.07) is 12.8. The largest absolute Gasteiger partial charge is 0.378 e. The molecule has 29 heavy (non-hydrogen) atoms. The van der Waals surface area contributed by atoms with Crippen LogP contribution in [0.5, 0.6) is 0 Å². The second kappa shape index (κ2) is 7.68. The summed E-state index contributed by atoms with van der Waals surface area (Å²) in [6.45, 7) is 4.94. The minimum atomic E-state index is -3.34. The topological polar surface area (TPSA) is 79.0 Å². The molecule has 1 saturated heterocycles. The molecule has 154 valence electrons. The number of anilines is 3. The van der Waals surface area contributed by atoms with Gasteiger partial charge < -0.3 is 15.0 Å². The minimum absolute atomic E-state index is 0.150. The van der Waals surface area contributed by atoms with Crippen LogP contribution >= 0.6 is 0 Å². The van der Waals surface area contributed by atoms with E-state index in [-0.39, 0.29) is 11.9 Å². The van der Waals surface area contributed by atoms with E-state index in [9.17, 15) is 13.2 Å². The maximum Gasteiger partial charge on any atom is 0.255 e. The van der Waals surface area contributed by atoms with Crippen molar-refractivity contribution in [3.63, 3.8) is 0 Å². The summed E-state index contributed by atoms with van der Waals surface area (Å²) in [5.74, 6) is -0.211. The molecule has 2 heterocycles. The zero-order chi connectivity index (χ0) is 20.6. The highest BCUT2D eigenvalue weighted by Gasteiger charge is 2.32. The molecule has 0 radical (unpaired) electrons. The lowest BCUT2D eigenvalue weighted by Gasteiger charge is -2.29. The summed E-state index contributed by atoms with van der Waals surface area (Å²) in [6.07, 6.45) is 1.80. The predicted octanol–water partition coefficient (Wildman–Crippen LogP) is 2.49. The standard InChI is InChI=1S/C21H25N3O4S/c1-15-12-17-13-16(6-7-20(17)24(15)29(2,26)27)21(25)22-18-4-3-5-19(14-18)23-8-10-28-11-9-23/h3-7,13-15H,8-12H2,1-2H3,(H,22,25). The lowest BCUT2D eigenvalue weighted by Crippen LogP contribution is -2.36. The van der Waals surface area contributed by atoms with Crippen molar-refractivity contribution in [2.75, 3.05) is 47.1 Å². The molecule has 1 N–H and O–H groups in total. The Bertz CT molecular complexity index is 1030. The molecule has 1 fully saturated rings. The highest BCUT2D eigenvalue weighted by atomic mass is 32.2. The lowest BCUT2D eigenvalue weighted by molar-refractivity contribution is 0.102. The fraction of sp³-hybridized carbons (Fsp3) is 0.381. The summed E-state index contributed by atoms with van der Waals surface area (Å²) in [5, 5.41) is 2.95. The van der Waals surface area contributed by atoms with Gasteiger partial charge in [-0.3, -0.25) is 9.10 Å². The van der Waals surface area contributed by atoms with E-state index in [2.05, 4.69) is 10.2 Å². The van der Waals surface area contributed by atoms with E-state index in [1.54, 1.807) is 18.2 Å². The lowest BCUT2D eigenvalue weighted by atomic mass is 10.1. The van der Waals surface area contributed by atoms with Crippen LogP contribution in [0.1, 0.15) is 22.8 Å². The molecule has 1 amide bonds. The van der Waals surface area contributed by atoms with Crippen molar-refractivity contribution in [3.8, 4) is 0 Å². The zero-order valence-electron chi connectivity index (χ0n) is 16.6. The summed E-state index contributed by atoms with van der Waals surface area (Å²) in [5.41, 5.74) is 3.83. The predicted molar refractivity (Wildman–Crippen MR) is 114 cm³/mol. The number of ether oxygens (including phenoxy) is 1. The van der Waals surface area contributed by atoms with Crippen LogP contribution in [0.3, 0.4) is 0 Å². The molecule has 1 atom stereocenters. The molecule has 1 unspecified atom stereocenters. The fourth-order valence-corrected chi connectivity index (χ4v) is 5.32. The van der Waals surface area contributed by atoms with Gasteiger partial charge in [0, 0.05) is 36.1 Å². The van der Waals surface area contributed by atoms with Crippen LogP contribution < -0.4 is 14.5 Å². The molecule has 7 nitrogen and oxygen atoms in total. The Morgan fingerprint density at radius 3 is 2.62 bits per heavy atom. The number of morpholine rings is 1. The van der Waals surface area contributed by atoms with Crippen LogP contribution in [0.15, 0.2) is 42.5 Å². The molecule has 2 aromatic rings. The highest BCUT2D eigenvalue weighted by Crippen LogP contribution is 2.35. The number of hydrogen-bond donors (Lipinski definition) is 1. The number of benzene rings is 2. The first kappa shape index (κ1) is 19.7. The summed E-state index contributed by atoms with van der Waals surface area (Å²) in [4.78, 5) is 15.0. The second-order valence-electron chi connectivity index (χ2n) is 7.56. The van der Waals surface area contributed by atoms with E-state index in [1.165, 1.54) is 10.6 Å². The first-order valence-electron chi connectivity index (χ1n) is 9.69. The van der Waals surface area contributed by atoms with Crippen LogP contribution in [0, 0.1) is 0 Å². The molecule has 0 saturated carbocycles. The Kier molecular flexibility index (Phi) is 5.23. The second-order valence-corrected chi connectivity index (χ2v) is 9.42. The first-order chi connectivity index (χ1) is 13.8. The molecular weight excluding hydrogens is 390 g/mol. The number of amides is 1. The van der Waals surface area contributed by atoms with Crippen molar-refractivity contribution in [2.24, 2.45) is 0 Å². The Morgan fingerprint density at radius 2 is 1.90 bits per heavy atom. The average molecular weight is 416 g/mol. The zero-order valence-corrected chi connectivity index (χ0v) is 17.4. The third kappa shape index (κ3) is 4.09. The van der Waals surface area contributed by atoms with E-state index in [0.717, 1.165) is 30.0 Å². The van der Waals surface area contributed by atoms with Gasteiger partial charge in [-0.15, -0.1) is 0 Å². The number of carbonyl (C=O) groups is 1. The molecule has 0 aliphatic carbocycles. The number of sulfonamides is 1. The van der Waals surface area contributed by atoms with E-state index in [1.807, 2.05) is 31.2 Å². The molecule has 2 aliphatic rings.